The van der Waals surface area contributed by atoms with Gasteiger partial charge in [0.25, 0.3) is 0 Å². The molecule has 0 bridgehead atoms. The molecule has 4 nitrogen and oxygen atoms in total. The molecule has 0 aliphatic carbocycles. The van der Waals surface area contributed by atoms with E-state index < -0.39 is 0 Å². The second kappa shape index (κ2) is 8.53. The van der Waals surface area contributed by atoms with Crippen molar-refractivity contribution >= 4 is 0 Å². The Balaban J connectivity index is 2.10. The predicted octanol–water partition coefficient (Wildman–Crippen LogP) is 3.08. The van der Waals surface area contributed by atoms with Crippen LogP contribution in [0.15, 0.2) is 47.4 Å². The molecule has 1 aromatic heterocycles. The quantitative estimate of drug-likeness (QED) is 0.751. The molecule has 0 aliphatic rings. The van der Waals surface area contributed by atoms with E-state index in [0.29, 0.717) is 12.4 Å². The van der Waals surface area contributed by atoms with Gasteiger partial charge in [0, 0.05) is 25.4 Å². The summed E-state index contributed by atoms with van der Waals surface area (Å²) in [5, 5.41) is 0. The smallest absolute Gasteiger partial charge is 0.223 e. The summed E-state index contributed by atoms with van der Waals surface area (Å²) in [4.78, 5) is 14.5. The number of nitrogens with zero attached hydrogens (tertiary/aromatic N) is 2. The molecule has 0 N–H and O–H groups in total. The van der Waals surface area contributed by atoms with Gasteiger partial charge in [-0.05, 0) is 25.6 Å². The lowest BCUT2D eigenvalue weighted by Crippen LogP contribution is -2.28. The summed E-state index contributed by atoms with van der Waals surface area (Å²) in [6.07, 6.45) is 1.86. The highest BCUT2D eigenvalue weighted by atomic mass is 16.5. The van der Waals surface area contributed by atoms with Crippen LogP contribution in [-0.2, 0) is 13.2 Å². The summed E-state index contributed by atoms with van der Waals surface area (Å²) in [7, 11) is 0. The highest BCUT2D eigenvalue weighted by Gasteiger charge is 2.09. The van der Waals surface area contributed by atoms with Crippen LogP contribution < -0.4 is 10.2 Å². The van der Waals surface area contributed by atoms with Gasteiger partial charge in [-0.1, -0.05) is 44.2 Å². The fourth-order valence-corrected chi connectivity index (χ4v) is 2.59. The van der Waals surface area contributed by atoms with E-state index in [1.807, 2.05) is 43.5 Å². The third-order valence-electron chi connectivity index (χ3n) is 4.17. The topological polar surface area (TPSA) is 34.5 Å². The summed E-state index contributed by atoms with van der Waals surface area (Å²) in [5.74, 6) is 0.455. The maximum Gasteiger partial charge on any atom is 0.223 e. The lowest BCUT2D eigenvalue weighted by molar-refractivity contribution is 0.280. The van der Waals surface area contributed by atoms with Gasteiger partial charge in [0.15, 0.2) is 5.75 Å². The summed E-state index contributed by atoms with van der Waals surface area (Å²) >= 11 is 0. The molecule has 0 spiro atoms. The van der Waals surface area contributed by atoms with Gasteiger partial charge in [-0.3, -0.25) is 4.79 Å². The minimum Gasteiger partial charge on any atom is -0.483 e. The van der Waals surface area contributed by atoms with Gasteiger partial charge in [-0.2, -0.15) is 0 Å². The Morgan fingerprint density at radius 3 is 2.43 bits per heavy atom. The Bertz CT molecular complexity index is 661. The molecule has 0 amide bonds. The molecule has 23 heavy (non-hydrogen) atoms. The van der Waals surface area contributed by atoms with Crippen molar-refractivity contribution in [2.45, 2.75) is 33.9 Å². The number of likely N-dealkylation sites (N-methyl/N-ethyl adjacent to an activating group) is 1. The van der Waals surface area contributed by atoms with Crippen molar-refractivity contribution in [3.05, 3.63) is 64.1 Å². The van der Waals surface area contributed by atoms with Gasteiger partial charge in [0.1, 0.15) is 6.61 Å². The maximum atomic E-state index is 12.1. The molecule has 2 rings (SSSR count). The van der Waals surface area contributed by atoms with E-state index in [9.17, 15) is 4.79 Å². The van der Waals surface area contributed by atoms with Crippen LogP contribution in [0.2, 0.25) is 0 Å². The Kier molecular flexibility index (Phi) is 6.41. The maximum absolute atomic E-state index is 12.1. The molecule has 0 atom stereocenters. The van der Waals surface area contributed by atoms with Crippen molar-refractivity contribution in [2.24, 2.45) is 0 Å². The van der Waals surface area contributed by atoms with Crippen LogP contribution in [0.25, 0.3) is 0 Å². The first-order valence-corrected chi connectivity index (χ1v) is 8.24. The fraction of sp³-hybridized carbons (Fsp3) is 0.421. The lowest BCUT2D eigenvalue weighted by atomic mass is 10.2. The van der Waals surface area contributed by atoms with E-state index in [1.54, 1.807) is 6.07 Å². The number of hydrogen-bond acceptors (Lipinski definition) is 3. The largest absolute Gasteiger partial charge is 0.483 e. The Morgan fingerprint density at radius 1 is 1.09 bits per heavy atom. The van der Waals surface area contributed by atoms with Gasteiger partial charge in [0.05, 0.1) is 5.69 Å². The second-order valence-corrected chi connectivity index (χ2v) is 5.59. The first kappa shape index (κ1) is 17.3. The zero-order valence-electron chi connectivity index (χ0n) is 14.3. The van der Waals surface area contributed by atoms with Crippen molar-refractivity contribution < 1.29 is 4.74 Å². The standard InChI is InChI=1S/C19H26N2O2/c1-4-20(5-2)13-14-21-12-11-18(22)19(16(21)3)23-15-17-9-7-6-8-10-17/h6-12H,4-5,13-15H2,1-3H3. The molecule has 1 heterocycles. The molecule has 124 valence electrons. The van der Waals surface area contributed by atoms with Crippen LogP contribution in [0, 0.1) is 6.92 Å². The average Bonchev–Trinajstić information content (AvgIpc) is 2.58. The van der Waals surface area contributed by atoms with Crippen LogP contribution in [-0.4, -0.2) is 29.1 Å². The minimum atomic E-state index is -0.0579. The molecule has 0 aliphatic heterocycles. The number of aromatic nitrogens is 1. The zero-order valence-corrected chi connectivity index (χ0v) is 14.3. The lowest BCUT2D eigenvalue weighted by Gasteiger charge is -2.20. The summed E-state index contributed by atoms with van der Waals surface area (Å²) in [6.45, 7) is 10.6. The van der Waals surface area contributed by atoms with E-state index in [-0.39, 0.29) is 5.43 Å². The Morgan fingerprint density at radius 2 is 1.78 bits per heavy atom. The summed E-state index contributed by atoms with van der Waals surface area (Å²) in [6, 6.07) is 11.5. The van der Waals surface area contributed by atoms with Gasteiger partial charge in [-0.15, -0.1) is 0 Å². The molecular weight excluding hydrogens is 288 g/mol. The molecule has 0 fully saturated rings. The molecule has 0 saturated carbocycles. The second-order valence-electron chi connectivity index (χ2n) is 5.59. The third-order valence-corrected chi connectivity index (χ3v) is 4.17. The highest BCUT2D eigenvalue weighted by molar-refractivity contribution is 5.28. The minimum absolute atomic E-state index is 0.0579. The van der Waals surface area contributed by atoms with E-state index in [0.717, 1.165) is 37.4 Å². The number of benzene rings is 1. The number of pyridine rings is 1. The van der Waals surface area contributed by atoms with Gasteiger partial charge in [0.2, 0.25) is 5.43 Å². The van der Waals surface area contributed by atoms with Crippen LogP contribution in [0.4, 0.5) is 0 Å². The van der Waals surface area contributed by atoms with Crippen molar-refractivity contribution in [3.8, 4) is 5.75 Å². The number of rotatable bonds is 8. The van der Waals surface area contributed by atoms with Crippen LogP contribution in [0.3, 0.4) is 0 Å². The van der Waals surface area contributed by atoms with Crippen LogP contribution in [0.1, 0.15) is 25.1 Å². The van der Waals surface area contributed by atoms with E-state index in [4.69, 9.17) is 4.74 Å². The molecule has 0 radical (unpaired) electrons. The Hall–Kier alpha value is -2.07. The van der Waals surface area contributed by atoms with Crippen LogP contribution >= 0.6 is 0 Å². The van der Waals surface area contributed by atoms with E-state index >= 15 is 0 Å². The zero-order chi connectivity index (χ0) is 16.7. The van der Waals surface area contributed by atoms with Crippen molar-refractivity contribution in [1.82, 2.24) is 9.47 Å². The van der Waals surface area contributed by atoms with Crippen molar-refractivity contribution in [3.63, 3.8) is 0 Å². The Labute approximate surface area is 138 Å². The van der Waals surface area contributed by atoms with Crippen molar-refractivity contribution in [2.75, 3.05) is 19.6 Å². The molecule has 4 heteroatoms. The molecule has 1 aromatic carbocycles. The average molecular weight is 314 g/mol. The van der Waals surface area contributed by atoms with Gasteiger partial charge < -0.3 is 14.2 Å². The molecule has 0 unspecified atom stereocenters. The molecule has 0 saturated heterocycles. The first-order chi connectivity index (χ1) is 11.2. The van der Waals surface area contributed by atoms with Crippen LogP contribution in [0.5, 0.6) is 5.75 Å². The molecular formula is C19H26N2O2. The normalized spacial score (nSPS) is 11.0. The van der Waals surface area contributed by atoms with Gasteiger partial charge >= 0.3 is 0 Å². The first-order valence-electron chi connectivity index (χ1n) is 8.24. The highest BCUT2D eigenvalue weighted by Crippen LogP contribution is 2.14. The van der Waals surface area contributed by atoms with E-state index in [1.165, 1.54) is 0 Å². The molecule has 2 aromatic rings. The number of ether oxygens (including phenoxy) is 1. The summed E-state index contributed by atoms with van der Waals surface area (Å²) < 4.78 is 7.90. The van der Waals surface area contributed by atoms with Crippen molar-refractivity contribution in [1.29, 1.82) is 0 Å². The summed E-state index contributed by atoms with van der Waals surface area (Å²) in [5.41, 5.74) is 1.89. The monoisotopic (exact) mass is 314 g/mol. The fourth-order valence-electron chi connectivity index (χ4n) is 2.59. The predicted molar refractivity (Wildman–Crippen MR) is 94.0 cm³/mol. The number of hydrogen-bond donors (Lipinski definition) is 0. The third kappa shape index (κ3) is 4.70. The van der Waals surface area contributed by atoms with Gasteiger partial charge in [-0.25, -0.2) is 0 Å². The van der Waals surface area contributed by atoms with E-state index in [2.05, 4.69) is 23.3 Å². The SMILES string of the molecule is CCN(CC)CCn1ccc(=O)c(OCc2ccccc2)c1C.